The van der Waals surface area contributed by atoms with Crippen molar-refractivity contribution in [3.63, 3.8) is 0 Å². The Balaban J connectivity index is 1.69. The fourth-order valence-electron chi connectivity index (χ4n) is 8.76. The molecule has 0 aliphatic carbocycles. The second-order valence-electron chi connectivity index (χ2n) is 16.8. The van der Waals surface area contributed by atoms with Crippen LogP contribution in [0.15, 0.2) is 28.5 Å². The molecule has 1 aromatic rings. The van der Waals surface area contributed by atoms with Crippen LogP contribution in [0.25, 0.3) is 0 Å². The summed E-state index contributed by atoms with van der Waals surface area (Å²) in [6.45, 7) is 13.3. The molecule has 1 unspecified atom stereocenters. The van der Waals surface area contributed by atoms with E-state index in [4.69, 9.17) is 33.5 Å². The summed E-state index contributed by atoms with van der Waals surface area (Å²) in [5.74, 6) is -5.60. The van der Waals surface area contributed by atoms with E-state index in [1.165, 1.54) is 20.0 Å². The van der Waals surface area contributed by atoms with Crippen molar-refractivity contribution in [3.8, 4) is 6.07 Å². The summed E-state index contributed by atoms with van der Waals surface area (Å²) in [6.07, 6.45) is -4.79. The van der Waals surface area contributed by atoms with Gasteiger partial charge in [0, 0.05) is 36.2 Å². The highest BCUT2D eigenvalue weighted by Crippen LogP contribution is 2.40. The molecule has 16 heteroatoms. The Hall–Kier alpha value is -3.69. The Morgan fingerprint density at radius 1 is 1.07 bits per heavy atom. The first-order valence-electron chi connectivity index (χ1n) is 19.9. The molecular formula is C41H59N5O11. The largest absolute Gasteiger partial charge is 0.459 e. The normalized spacial score (nSPS) is 40.7. The van der Waals surface area contributed by atoms with Crippen molar-refractivity contribution in [1.82, 2.24) is 9.88 Å². The highest BCUT2D eigenvalue weighted by atomic mass is 16.7. The number of hydrogen-bond donors (Lipinski definition) is 2. The van der Waals surface area contributed by atoms with Gasteiger partial charge in [-0.1, -0.05) is 38.9 Å². The number of ketones is 1. The maximum absolute atomic E-state index is 14.4. The second-order valence-corrected chi connectivity index (χ2v) is 16.8. The molecule has 0 radical (unpaired) electrons. The second kappa shape index (κ2) is 18.1. The van der Waals surface area contributed by atoms with Crippen LogP contribution in [-0.2, 0) is 49.3 Å². The van der Waals surface area contributed by atoms with Crippen LogP contribution in [-0.4, -0.2) is 137 Å². The SMILES string of the molecule is CC[C@H]1OC(=O)[C@H](C)C(=O)[C@H](C)[C@@H](O[C@@H]2O[C@H](C)C[C@H](N(C)C)[C@H]2O)[C@@]2(C)C[C@@H](C)C3=NC(=O)C(Cc4ccc(C#N)nc4)O/N=C(\CO[C@@H]([C@@H]3C)[C@]1(C)O)CO2. The highest BCUT2D eigenvalue weighted by molar-refractivity contribution is 6.01. The first-order valence-corrected chi connectivity index (χ1v) is 19.9. The van der Waals surface area contributed by atoms with E-state index in [2.05, 4.69) is 10.1 Å². The van der Waals surface area contributed by atoms with Gasteiger partial charge < -0.3 is 43.6 Å². The molecule has 4 bridgehead atoms. The van der Waals surface area contributed by atoms with Gasteiger partial charge in [-0.25, -0.2) is 9.98 Å². The molecule has 2 N–H and O–H groups in total. The number of esters is 1. The summed E-state index contributed by atoms with van der Waals surface area (Å²) in [5.41, 5.74) is -1.85. The van der Waals surface area contributed by atoms with Crippen molar-refractivity contribution in [1.29, 1.82) is 5.26 Å². The van der Waals surface area contributed by atoms with Gasteiger partial charge in [0.25, 0.3) is 5.91 Å². The zero-order chi connectivity index (χ0) is 42.0. The molecule has 4 aliphatic rings. The van der Waals surface area contributed by atoms with Crippen LogP contribution in [0.2, 0.25) is 0 Å². The average Bonchev–Trinajstić information content (AvgIpc) is 3.20. The predicted octanol–water partition coefficient (Wildman–Crippen LogP) is 2.79. The molecule has 14 atom stereocenters. The van der Waals surface area contributed by atoms with E-state index >= 15 is 0 Å². The van der Waals surface area contributed by atoms with E-state index in [1.54, 1.807) is 39.8 Å². The number of rotatable bonds is 6. The van der Waals surface area contributed by atoms with Crippen molar-refractivity contribution in [2.45, 2.75) is 141 Å². The van der Waals surface area contributed by atoms with E-state index in [9.17, 15) is 29.9 Å². The third-order valence-electron chi connectivity index (χ3n) is 12.0. The van der Waals surface area contributed by atoms with Gasteiger partial charge in [0.2, 0.25) is 6.10 Å². The average molecular weight is 798 g/mol. The van der Waals surface area contributed by atoms with Gasteiger partial charge in [0.1, 0.15) is 41.2 Å². The minimum absolute atomic E-state index is 0.0338. The lowest BCUT2D eigenvalue weighted by Crippen LogP contribution is -2.60. The van der Waals surface area contributed by atoms with Crippen LogP contribution in [0.3, 0.4) is 0 Å². The Bertz CT molecular complexity index is 1730. The number of amides is 1. The van der Waals surface area contributed by atoms with Gasteiger partial charge in [0.05, 0.1) is 37.1 Å². The number of fused-ring (bicyclic) bond motifs is 4. The maximum Gasteiger partial charge on any atom is 0.316 e. The smallest absolute Gasteiger partial charge is 0.316 e. The number of cyclic esters (lactones) is 1. The third kappa shape index (κ3) is 9.62. The zero-order valence-electron chi connectivity index (χ0n) is 34.7. The maximum atomic E-state index is 14.4. The first kappa shape index (κ1) is 44.4. The quantitative estimate of drug-likeness (QED) is 0.313. The number of likely N-dealkylation sites (N-methyl/N-ethyl adjacent to an activating group) is 1. The van der Waals surface area contributed by atoms with Gasteiger partial charge in [-0.05, 0) is 78.6 Å². The number of hydrogen-bond acceptors (Lipinski definition) is 15. The molecule has 4 aliphatic heterocycles. The van der Waals surface area contributed by atoms with Crippen molar-refractivity contribution >= 4 is 29.1 Å². The summed E-state index contributed by atoms with van der Waals surface area (Å²) in [5, 5.41) is 37.6. The third-order valence-corrected chi connectivity index (χ3v) is 12.0. The Labute approximate surface area is 334 Å². The fourth-order valence-corrected chi connectivity index (χ4v) is 8.76. The number of Topliss-reactive ketones (excluding diaryl/α,β-unsaturated/α-hetero) is 1. The molecule has 0 saturated carbocycles. The number of nitriles is 1. The standard InChI is InChI=1S/C41H59N5O11/c1-11-31-41(8,51)36-23(4)32-21(2)16-40(7,53-20-28(19-52-36)45-57-30(37(49)44-32)15-26-12-13-27(17-42)43-18-26)35(24(5)33(47)25(6)38(50)55-31)56-39-34(48)29(46(9)10)14-22(3)54-39/h12-13,18,21-25,29-31,34-36,39,48,51H,11,14-16,19-20H2,1-10H3/b44-32?,45-28+/t21-,22-,23-,24+,25-,29+,30?,31-,34-,35-,36+,39+,40-,41-/m1/s1. The van der Waals surface area contributed by atoms with E-state index in [1.807, 2.05) is 38.9 Å². The predicted molar refractivity (Wildman–Crippen MR) is 206 cm³/mol. The lowest BCUT2D eigenvalue weighted by atomic mass is 9.73. The summed E-state index contributed by atoms with van der Waals surface area (Å²) in [6, 6.07) is 4.88. The molecule has 5 heterocycles. The summed E-state index contributed by atoms with van der Waals surface area (Å²) >= 11 is 0. The minimum Gasteiger partial charge on any atom is -0.459 e. The summed E-state index contributed by atoms with van der Waals surface area (Å²) in [7, 11) is 3.72. The molecule has 5 rings (SSSR count). The number of oxime groups is 1. The monoisotopic (exact) mass is 797 g/mol. The van der Waals surface area contributed by atoms with Crippen molar-refractivity contribution in [2.75, 3.05) is 27.3 Å². The zero-order valence-corrected chi connectivity index (χ0v) is 34.7. The number of carbonyl (C=O) groups is 3. The van der Waals surface area contributed by atoms with E-state index < -0.39 is 89.3 Å². The molecular weight excluding hydrogens is 738 g/mol. The van der Waals surface area contributed by atoms with Crippen molar-refractivity contribution in [3.05, 3.63) is 29.6 Å². The minimum atomic E-state index is -1.85. The molecule has 1 amide bonds. The van der Waals surface area contributed by atoms with Gasteiger partial charge >= 0.3 is 5.97 Å². The molecule has 0 aromatic carbocycles. The first-order chi connectivity index (χ1) is 26.8. The molecule has 0 spiro atoms. The fraction of sp³-hybridized carbons (Fsp3) is 0.732. The van der Waals surface area contributed by atoms with Gasteiger partial charge in [-0.2, -0.15) is 5.26 Å². The number of aromatic nitrogens is 1. The van der Waals surface area contributed by atoms with Crippen LogP contribution < -0.4 is 0 Å². The lowest BCUT2D eigenvalue weighted by Gasteiger charge is -2.47. The molecule has 314 valence electrons. The van der Waals surface area contributed by atoms with Crippen LogP contribution in [0.5, 0.6) is 0 Å². The molecule has 3 saturated heterocycles. The van der Waals surface area contributed by atoms with E-state index in [-0.39, 0.29) is 56.0 Å². The topological polar surface area (TPSA) is 212 Å². The highest BCUT2D eigenvalue weighted by Gasteiger charge is 2.53. The Morgan fingerprint density at radius 3 is 2.42 bits per heavy atom. The van der Waals surface area contributed by atoms with Gasteiger partial charge in [0.15, 0.2) is 12.1 Å². The summed E-state index contributed by atoms with van der Waals surface area (Å²) < 4.78 is 32.2. The molecule has 3 fully saturated rings. The van der Waals surface area contributed by atoms with Crippen LogP contribution in [0, 0.1) is 35.0 Å². The number of aliphatic imine (C=N–C) groups is 1. The molecule has 57 heavy (non-hydrogen) atoms. The van der Waals surface area contributed by atoms with Crippen LogP contribution in [0.4, 0.5) is 0 Å². The molecule has 16 nitrogen and oxygen atoms in total. The number of nitrogens with zero attached hydrogens (tertiary/aromatic N) is 5. The van der Waals surface area contributed by atoms with Crippen molar-refractivity contribution in [2.24, 2.45) is 33.8 Å². The van der Waals surface area contributed by atoms with E-state index in [0.717, 1.165) is 0 Å². The number of aliphatic hydroxyl groups excluding tert-OH is 1. The van der Waals surface area contributed by atoms with Gasteiger partial charge in [-0.3, -0.25) is 14.4 Å². The number of carbonyl (C=O) groups excluding carboxylic acids is 3. The van der Waals surface area contributed by atoms with Crippen LogP contribution >= 0.6 is 0 Å². The number of pyridine rings is 1. The van der Waals surface area contributed by atoms with Gasteiger partial charge in [-0.15, -0.1) is 0 Å². The molecule has 1 aromatic heterocycles. The Morgan fingerprint density at radius 2 is 1.79 bits per heavy atom. The van der Waals surface area contributed by atoms with Crippen molar-refractivity contribution < 1.29 is 53.1 Å². The number of ether oxygens (including phenoxy) is 5. The van der Waals surface area contributed by atoms with E-state index in [0.29, 0.717) is 17.7 Å². The number of aliphatic hydroxyl groups is 2. The van der Waals surface area contributed by atoms with Crippen LogP contribution in [0.1, 0.15) is 85.9 Å². The summed E-state index contributed by atoms with van der Waals surface area (Å²) in [4.78, 5) is 59.2. The Kier molecular flexibility index (Phi) is 14.1. The lowest BCUT2D eigenvalue weighted by molar-refractivity contribution is -0.296.